The average Bonchev–Trinajstić information content (AvgIpc) is 3.19. The van der Waals surface area contributed by atoms with E-state index in [-0.39, 0.29) is 12.2 Å². The highest BCUT2D eigenvalue weighted by Crippen LogP contribution is 2.38. The third-order valence-electron chi connectivity index (χ3n) is 5.13. The fourth-order valence-electron chi connectivity index (χ4n) is 3.66. The number of hydrogen-bond acceptors (Lipinski definition) is 6. The van der Waals surface area contributed by atoms with E-state index >= 15 is 0 Å². The van der Waals surface area contributed by atoms with Crippen LogP contribution >= 0.6 is 0 Å². The van der Waals surface area contributed by atoms with Crippen LogP contribution in [0.3, 0.4) is 0 Å². The normalized spacial score (nSPS) is 13.4. The van der Waals surface area contributed by atoms with Crippen LogP contribution in [0.15, 0.2) is 30.3 Å². The highest BCUT2D eigenvalue weighted by Gasteiger charge is 2.22. The van der Waals surface area contributed by atoms with Crippen molar-refractivity contribution in [2.75, 3.05) is 21.3 Å². The van der Waals surface area contributed by atoms with Gasteiger partial charge in [0.1, 0.15) is 0 Å². The number of carbonyl (C=O) groups is 2. The number of ether oxygens (including phenoxy) is 4. The molecule has 0 fully saturated rings. The number of fused-ring (bicyclic) bond motifs is 1. The molecule has 154 valence electrons. The average molecular weight is 398 g/mol. The molecule has 0 bridgehead atoms. The van der Waals surface area contributed by atoms with Crippen molar-refractivity contribution in [2.45, 2.75) is 38.7 Å². The number of methoxy groups -OCH3 is 3. The molecule has 29 heavy (non-hydrogen) atoms. The Kier molecular flexibility index (Phi) is 6.42. The van der Waals surface area contributed by atoms with E-state index in [9.17, 15) is 9.59 Å². The quantitative estimate of drug-likeness (QED) is 0.500. The van der Waals surface area contributed by atoms with Crippen molar-refractivity contribution in [3.63, 3.8) is 0 Å². The van der Waals surface area contributed by atoms with Gasteiger partial charge in [-0.15, -0.1) is 0 Å². The molecule has 0 N–H and O–H groups in total. The van der Waals surface area contributed by atoms with E-state index in [1.807, 2.05) is 18.2 Å². The number of carbonyl (C=O) groups excluding carboxylic acids is 2. The minimum atomic E-state index is -0.857. The second-order valence-electron chi connectivity index (χ2n) is 7.04. The molecule has 1 atom stereocenters. The van der Waals surface area contributed by atoms with Crippen LogP contribution in [-0.4, -0.2) is 39.2 Å². The molecule has 6 nitrogen and oxygen atoms in total. The van der Waals surface area contributed by atoms with E-state index < -0.39 is 12.1 Å². The Morgan fingerprint density at radius 2 is 1.59 bits per heavy atom. The van der Waals surface area contributed by atoms with Crippen molar-refractivity contribution in [1.29, 1.82) is 0 Å². The van der Waals surface area contributed by atoms with Crippen molar-refractivity contribution in [3.05, 3.63) is 52.6 Å². The first-order valence-corrected chi connectivity index (χ1v) is 9.61. The molecule has 1 aliphatic carbocycles. The van der Waals surface area contributed by atoms with Crippen LogP contribution in [0.5, 0.6) is 17.2 Å². The fraction of sp³-hybridized carbons (Fsp3) is 0.391. The molecule has 0 unspecified atom stereocenters. The van der Waals surface area contributed by atoms with Gasteiger partial charge in [-0.25, -0.2) is 0 Å². The van der Waals surface area contributed by atoms with Crippen LogP contribution in [-0.2, 0) is 28.8 Å². The molecule has 3 rings (SSSR count). The molecule has 2 aromatic carbocycles. The first kappa shape index (κ1) is 20.7. The zero-order valence-electron chi connectivity index (χ0n) is 17.2. The lowest BCUT2D eigenvalue weighted by Crippen LogP contribution is -2.25. The van der Waals surface area contributed by atoms with Gasteiger partial charge < -0.3 is 18.9 Å². The molecule has 6 heteroatoms. The summed E-state index contributed by atoms with van der Waals surface area (Å²) in [6.45, 7) is 1.60. The summed E-state index contributed by atoms with van der Waals surface area (Å²) in [5, 5.41) is 0. The summed E-state index contributed by atoms with van der Waals surface area (Å²) >= 11 is 0. The van der Waals surface area contributed by atoms with E-state index in [0.29, 0.717) is 28.4 Å². The van der Waals surface area contributed by atoms with Gasteiger partial charge >= 0.3 is 5.97 Å². The lowest BCUT2D eigenvalue weighted by Gasteiger charge is -2.15. The van der Waals surface area contributed by atoms with Gasteiger partial charge in [-0.2, -0.15) is 0 Å². The van der Waals surface area contributed by atoms with Gasteiger partial charge in [0.05, 0.1) is 27.8 Å². The molecule has 2 aromatic rings. The summed E-state index contributed by atoms with van der Waals surface area (Å²) in [6, 6.07) is 9.12. The Morgan fingerprint density at radius 3 is 2.21 bits per heavy atom. The molecule has 0 aromatic heterocycles. The summed E-state index contributed by atoms with van der Waals surface area (Å²) in [7, 11) is 4.54. The molecule has 0 saturated heterocycles. The number of Topliss-reactive ketones (excluding diaryl/α,β-unsaturated/α-hetero) is 1. The molecule has 0 amide bonds. The standard InChI is InChI=1S/C23H26O6/c1-14(22(25)18-9-8-16-6-5-7-17(16)13-18)29-21(24)12-15-10-19(26-2)23(28-4)20(11-15)27-3/h8-11,13-14H,5-7,12H2,1-4H3/t14-/m1/s1. The van der Waals surface area contributed by atoms with Gasteiger partial charge in [-0.1, -0.05) is 12.1 Å². The molecular weight excluding hydrogens is 372 g/mol. The lowest BCUT2D eigenvalue weighted by atomic mass is 10.0. The van der Waals surface area contributed by atoms with Crippen molar-refractivity contribution < 1.29 is 28.5 Å². The van der Waals surface area contributed by atoms with E-state index in [1.54, 1.807) is 19.1 Å². The van der Waals surface area contributed by atoms with E-state index in [0.717, 1.165) is 19.3 Å². The predicted molar refractivity (Wildman–Crippen MR) is 108 cm³/mol. The molecule has 0 radical (unpaired) electrons. The first-order valence-electron chi connectivity index (χ1n) is 9.61. The monoisotopic (exact) mass is 398 g/mol. The molecule has 1 aliphatic rings. The highest BCUT2D eigenvalue weighted by molar-refractivity contribution is 6.00. The number of aryl methyl sites for hydroxylation is 2. The Bertz CT molecular complexity index is 893. The number of ketones is 1. The Balaban J connectivity index is 1.68. The Labute approximate surface area is 170 Å². The highest BCUT2D eigenvalue weighted by atomic mass is 16.5. The van der Waals surface area contributed by atoms with Gasteiger partial charge in [0.2, 0.25) is 11.5 Å². The molecular formula is C23H26O6. The number of rotatable bonds is 8. The van der Waals surface area contributed by atoms with Crippen molar-refractivity contribution in [2.24, 2.45) is 0 Å². The van der Waals surface area contributed by atoms with Crippen LogP contribution < -0.4 is 14.2 Å². The van der Waals surface area contributed by atoms with Gasteiger partial charge in [-0.05, 0) is 61.1 Å². The van der Waals surface area contributed by atoms with E-state index in [4.69, 9.17) is 18.9 Å². The minimum absolute atomic E-state index is 0.0154. The van der Waals surface area contributed by atoms with E-state index in [1.165, 1.54) is 32.5 Å². The topological polar surface area (TPSA) is 71.1 Å². The smallest absolute Gasteiger partial charge is 0.310 e. The zero-order chi connectivity index (χ0) is 21.0. The SMILES string of the molecule is COc1cc(CC(=O)O[C@H](C)C(=O)c2ccc3c(c2)CCC3)cc(OC)c1OC. The van der Waals surface area contributed by atoms with Crippen LogP contribution in [0.4, 0.5) is 0 Å². The number of esters is 1. The van der Waals surface area contributed by atoms with Gasteiger partial charge in [-0.3, -0.25) is 9.59 Å². The predicted octanol–water partition coefficient (Wildman–Crippen LogP) is 3.56. The molecule has 0 aliphatic heterocycles. The second kappa shape index (κ2) is 8.99. The van der Waals surface area contributed by atoms with Crippen LogP contribution in [0.25, 0.3) is 0 Å². The van der Waals surface area contributed by atoms with Crippen LogP contribution in [0.2, 0.25) is 0 Å². The minimum Gasteiger partial charge on any atom is -0.493 e. The Morgan fingerprint density at radius 1 is 0.931 bits per heavy atom. The molecule has 0 spiro atoms. The Hall–Kier alpha value is -3.02. The lowest BCUT2D eigenvalue weighted by molar-refractivity contribution is -0.145. The fourth-order valence-corrected chi connectivity index (χ4v) is 3.66. The summed E-state index contributed by atoms with van der Waals surface area (Å²) < 4.78 is 21.3. The number of benzene rings is 2. The zero-order valence-corrected chi connectivity index (χ0v) is 17.2. The maximum Gasteiger partial charge on any atom is 0.310 e. The first-order chi connectivity index (χ1) is 14.0. The van der Waals surface area contributed by atoms with Crippen molar-refractivity contribution in [3.8, 4) is 17.2 Å². The summed E-state index contributed by atoms with van der Waals surface area (Å²) in [5.74, 6) is 0.667. The summed E-state index contributed by atoms with van der Waals surface area (Å²) in [5.41, 5.74) is 3.74. The number of hydrogen-bond donors (Lipinski definition) is 0. The molecule has 0 saturated carbocycles. The van der Waals surface area contributed by atoms with Gasteiger partial charge in [0.15, 0.2) is 17.6 Å². The van der Waals surface area contributed by atoms with Gasteiger partial charge in [0, 0.05) is 5.56 Å². The second-order valence-corrected chi connectivity index (χ2v) is 7.04. The van der Waals surface area contributed by atoms with Crippen molar-refractivity contribution >= 4 is 11.8 Å². The van der Waals surface area contributed by atoms with Gasteiger partial charge in [0.25, 0.3) is 0 Å². The summed E-state index contributed by atoms with van der Waals surface area (Å²) in [6.07, 6.45) is 2.30. The van der Waals surface area contributed by atoms with Crippen LogP contribution in [0, 0.1) is 0 Å². The third kappa shape index (κ3) is 4.53. The maximum atomic E-state index is 12.7. The van der Waals surface area contributed by atoms with Crippen molar-refractivity contribution in [1.82, 2.24) is 0 Å². The molecule has 0 heterocycles. The summed E-state index contributed by atoms with van der Waals surface area (Å²) in [4.78, 5) is 25.1. The van der Waals surface area contributed by atoms with E-state index in [2.05, 4.69) is 0 Å². The maximum absolute atomic E-state index is 12.7. The van der Waals surface area contributed by atoms with Crippen LogP contribution in [0.1, 0.15) is 40.4 Å². The third-order valence-corrected chi connectivity index (χ3v) is 5.13. The largest absolute Gasteiger partial charge is 0.493 e.